The normalized spacial score (nSPS) is 13.5. The van der Waals surface area contributed by atoms with Crippen LogP contribution in [0.5, 0.6) is 0 Å². The minimum absolute atomic E-state index is 0.153. The van der Waals surface area contributed by atoms with Crippen molar-refractivity contribution in [2.45, 2.75) is 19.4 Å². The number of rotatable bonds is 5. The molecule has 26 heavy (non-hydrogen) atoms. The Hall–Kier alpha value is -3.35. The van der Waals surface area contributed by atoms with Crippen molar-refractivity contribution in [1.29, 1.82) is 0 Å². The summed E-state index contributed by atoms with van der Waals surface area (Å²) in [5, 5.41) is 5.28. The second kappa shape index (κ2) is 7.69. The zero-order valence-electron chi connectivity index (χ0n) is 14.2. The van der Waals surface area contributed by atoms with Crippen LogP contribution < -0.4 is 21.3 Å². The van der Waals surface area contributed by atoms with Gasteiger partial charge in [0.25, 0.3) is 5.91 Å². The van der Waals surface area contributed by atoms with Crippen molar-refractivity contribution in [3.63, 3.8) is 0 Å². The van der Waals surface area contributed by atoms with E-state index in [2.05, 4.69) is 10.6 Å². The molecule has 2 aromatic carbocycles. The third-order valence-corrected chi connectivity index (χ3v) is 4.19. The van der Waals surface area contributed by atoms with Crippen LogP contribution in [0.4, 0.5) is 16.2 Å². The molecule has 1 aliphatic heterocycles. The first kappa shape index (κ1) is 17.5. The van der Waals surface area contributed by atoms with Crippen molar-refractivity contribution < 1.29 is 14.4 Å². The number of nitrogens with zero attached hydrogens (tertiary/aromatic N) is 1. The van der Waals surface area contributed by atoms with Crippen molar-refractivity contribution in [1.82, 2.24) is 5.32 Å². The van der Waals surface area contributed by atoms with Gasteiger partial charge >= 0.3 is 6.03 Å². The summed E-state index contributed by atoms with van der Waals surface area (Å²) in [6, 6.07) is 13.4. The highest BCUT2D eigenvalue weighted by atomic mass is 16.2. The molecule has 4 N–H and O–H groups in total. The molecule has 0 aliphatic carbocycles. The predicted octanol–water partition coefficient (Wildman–Crippen LogP) is 2.23. The molecule has 0 atom stereocenters. The number of benzene rings is 2. The van der Waals surface area contributed by atoms with Crippen LogP contribution in [0.2, 0.25) is 0 Å². The molecule has 2 aromatic rings. The van der Waals surface area contributed by atoms with Gasteiger partial charge in [-0.15, -0.1) is 0 Å². The molecule has 0 spiro atoms. The van der Waals surface area contributed by atoms with E-state index in [1.54, 1.807) is 29.2 Å². The van der Waals surface area contributed by atoms with Gasteiger partial charge in [-0.05, 0) is 48.4 Å². The predicted molar refractivity (Wildman–Crippen MR) is 98.8 cm³/mol. The summed E-state index contributed by atoms with van der Waals surface area (Å²) in [5.41, 5.74) is 7.89. The van der Waals surface area contributed by atoms with Crippen LogP contribution in [-0.4, -0.2) is 24.4 Å². The number of hydrogen-bond donors (Lipinski definition) is 3. The number of amides is 4. The van der Waals surface area contributed by atoms with Gasteiger partial charge in [0.15, 0.2) is 0 Å². The lowest BCUT2D eigenvalue weighted by atomic mass is 10.1. The highest BCUT2D eigenvalue weighted by Crippen LogP contribution is 2.21. The van der Waals surface area contributed by atoms with E-state index in [0.717, 1.165) is 24.2 Å². The van der Waals surface area contributed by atoms with Crippen molar-refractivity contribution in [3.05, 3.63) is 59.7 Å². The number of nitrogens with one attached hydrogen (secondary N) is 2. The van der Waals surface area contributed by atoms with Gasteiger partial charge in [-0.2, -0.15) is 0 Å². The molecule has 7 heteroatoms. The quantitative estimate of drug-likeness (QED) is 0.768. The lowest BCUT2D eigenvalue weighted by Crippen LogP contribution is -2.24. The zero-order chi connectivity index (χ0) is 18.5. The summed E-state index contributed by atoms with van der Waals surface area (Å²) in [4.78, 5) is 36.5. The maximum atomic E-state index is 12.2. The van der Waals surface area contributed by atoms with E-state index < -0.39 is 6.03 Å². The van der Waals surface area contributed by atoms with Gasteiger partial charge in [-0.3, -0.25) is 9.59 Å². The molecule has 134 valence electrons. The SMILES string of the molecule is NC(=O)Nc1ccc(C(=O)NCc2ccc(N3CCCC3=O)cc2)cc1. The summed E-state index contributed by atoms with van der Waals surface area (Å²) in [7, 11) is 0. The molecule has 0 unspecified atom stereocenters. The number of nitrogens with two attached hydrogens (primary N) is 1. The molecule has 3 rings (SSSR count). The van der Waals surface area contributed by atoms with E-state index in [0.29, 0.717) is 24.2 Å². The van der Waals surface area contributed by atoms with Gasteiger partial charge in [0.1, 0.15) is 0 Å². The van der Waals surface area contributed by atoms with E-state index >= 15 is 0 Å². The van der Waals surface area contributed by atoms with Crippen LogP contribution in [-0.2, 0) is 11.3 Å². The Morgan fingerprint density at radius 1 is 1.04 bits per heavy atom. The smallest absolute Gasteiger partial charge is 0.316 e. The van der Waals surface area contributed by atoms with Gasteiger partial charge < -0.3 is 21.3 Å². The molecule has 1 aliphatic rings. The first-order chi connectivity index (χ1) is 12.5. The molecule has 0 aromatic heterocycles. The molecular weight excluding hydrogens is 332 g/mol. The van der Waals surface area contributed by atoms with E-state index in [1.807, 2.05) is 24.3 Å². The molecule has 7 nitrogen and oxygen atoms in total. The molecule has 1 heterocycles. The third-order valence-electron chi connectivity index (χ3n) is 4.19. The van der Waals surface area contributed by atoms with Crippen LogP contribution in [0.25, 0.3) is 0 Å². The zero-order valence-corrected chi connectivity index (χ0v) is 14.2. The topological polar surface area (TPSA) is 105 Å². The van der Waals surface area contributed by atoms with E-state index in [4.69, 9.17) is 5.73 Å². The Morgan fingerprint density at radius 2 is 1.73 bits per heavy atom. The minimum Gasteiger partial charge on any atom is -0.351 e. The third kappa shape index (κ3) is 4.18. The Bertz CT molecular complexity index is 816. The first-order valence-electron chi connectivity index (χ1n) is 8.37. The van der Waals surface area contributed by atoms with Crippen molar-refractivity contribution in [2.75, 3.05) is 16.8 Å². The number of urea groups is 1. The molecular formula is C19H20N4O3. The first-order valence-corrected chi connectivity index (χ1v) is 8.37. The van der Waals surface area contributed by atoms with Gasteiger partial charge in [0.2, 0.25) is 5.91 Å². The molecule has 0 bridgehead atoms. The fourth-order valence-electron chi connectivity index (χ4n) is 2.85. The summed E-state index contributed by atoms with van der Waals surface area (Å²) in [6.07, 6.45) is 1.50. The molecule has 0 saturated carbocycles. The highest BCUT2D eigenvalue weighted by Gasteiger charge is 2.21. The monoisotopic (exact) mass is 352 g/mol. The van der Waals surface area contributed by atoms with Crippen LogP contribution in [0.15, 0.2) is 48.5 Å². The van der Waals surface area contributed by atoms with Crippen LogP contribution >= 0.6 is 0 Å². The van der Waals surface area contributed by atoms with Crippen LogP contribution in [0.1, 0.15) is 28.8 Å². The summed E-state index contributed by atoms with van der Waals surface area (Å²) < 4.78 is 0. The largest absolute Gasteiger partial charge is 0.351 e. The van der Waals surface area contributed by atoms with Gasteiger partial charge in [-0.25, -0.2) is 4.79 Å². The van der Waals surface area contributed by atoms with Crippen molar-refractivity contribution in [3.8, 4) is 0 Å². The number of carbonyl (C=O) groups excluding carboxylic acids is 3. The number of anilines is 2. The Morgan fingerprint density at radius 3 is 2.31 bits per heavy atom. The van der Waals surface area contributed by atoms with Crippen LogP contribution in [0.3, 0.4) is 0 Å². The fourth-order valence-corrected chi connectivity index (χ4v) is 2.85. The van der Waals surface area contributed by atoms with Crippen LogP contribution in [0, 0.1) is 0 Å². The number of hydrogen-bond acceptors (Lipinski definition) is 3. The highest BCUT2D eigenvalue weighted by molar-refractivity contribution is 5.96. The standard InChI is InChI=1S/C19H20N4O3/c20-19(26)22-15-7-5-14(6-8-15)18(25)21-12-13-3-9-16(10-4-13)23-11-1-2-17(23)24/h3-10H,1-2,11-12H2,(H,21,25)(H3,20,22,26). The Balaban J connectivity index is 1.55. The Labute approximate surface area is 151 Å². The lowest BCUT2D eigenvalue weighted by Gasteiger charge is -2.16. The number of carbonyl (C=O) groups is 3. The average molecular weight is 352 g/mol. The summed E-state index contributed by atoms with van der Waals surface area (Å²) in [5.74, 6) is -0.0604. The van der Waals surface area contributed by atoms with Crippen molar-refractivity contribution >= 4 is 29.2 Å². The van der Waals surface area contributed by atoms with Gasteiger partial charge in [0.05, 0.1) is 0 Å². The maximum absolute atomic E-state index is 12.2. The number of primary amides is 1. The van der Waals surface area contributed by atoms with Crippen molar-refractivity contribution in [2.24, 2.45) is 5.73 Å². The Kier molecular flexibility index (Phi) is 5.17. The summed E-state index contributed by atoms with van der Waals surface area (Å²) in [6.45, 7) is 1.14. The van der Waals surface area contributed by atoms with Gasteiger partial charge in [0, 0.05) is 36.4 Å². The summed E-state index contributed by atoms with van der Waals surface area (Å²) >= 11 is 0. The molecule has 1 saturated heterocycles. The maximum Gasteiger partial charge on any atom is 0.316 e. The van der Waals surface area contributed by atoms with Gasteiger partial charge in [-0.1, -0.05) is 12.1 Å². The lowest BCUT2D eigenvalue weighted by molar-refractivity contribution is -0.117. The second-order valence-corrected chi connectivity index (χ2v) is 6.06. The fraction of sp³-hybridized carbons (Fsp3) is 0.211. The van der Waals surface area contributed by atoms with E-state index in [9.17, 15) is 14.4 Å². The molecule has 1 fully saturated rings. The van der Waals surface area contributed by atoms with E-state index in [1.165, 1.54) is 0 Å². The molecule has 0 radical (unpaired) electrons. The van der Waals surface area contributed by atoms with E-state index in [-0.39, 0.29) is 11.8 Å². The minimum atomic E-state index is -0.652. The second-order valence-electron chi connectivity index (χ2n) is 6.06. The molecule has 4 amide bonds. The average Bonchev–Trinajstić information content (AvgIpc) is 3.06.